The average Bonchev–Trinajstić information content (AvgIpc) is 2.35. The summed E-state index contributed by atoms with van der Waals surface area (Å²) in [6.45, 7) is 4.66. The molecular formula is C14H14ClNO2. The van der Waals surface area contributed by atoms with E-state index in [2.05, 4.69) is 18.8 Å². The van der Waals surface area contributed by atoms with Crippen LogP contribution in [0.2, 0.25) is 0 Å². The van der Waals surface area contributed by atoms with E-state index in [1.54, 1.807) is 6.07 Å². The van der Waals surface area contributed by atoms with Crippen LogP contribution in [0.1, 0.15) is 24.2 Å². The van der Waals surface area contributed by atoms with Crippen LogP contribution in [0.5, 0.6) is 5.88 Å². The summed E-state index contributed by atoms with van der Waals surface area (Å²) < 4.78 is 5.54. The molecule has 0 aliphatic carbocycles. The molecule has 0 amide bonds. The minimum atomic E-state index is -0.497. The molecule has 4 heteroatoms. The van der Waals surface area contributed by atoms with Crippen molar-refractivity contribution in [3.63, 3.8) is 0 Å². The topological polar surface area (TPSA) is 39.2 Å². The summed E-state index contributed by atoms with van der Waals surface area (Å²) in [6.07, 6.45) is 0. The predicted octanol–water partition coefficient (Wildman–Crippen LogP) is 3.65. The zero-order valence-electron chi connectivity index (χ0n) is 10.3. The highest BCUT2D eigenvalue weighted by atomic mass is 35.5. The van der Waals surface area contributed by atoms with Crippen LogP contribution >= 0.6 is 11.6 Å². The summed E-state index contributed by atoms with van der Waals surface area (Å²) in [7, 11) is 0. The lowest BCUT2D eigenvalue weighted by molar-refractivity contribution is 0.108. The van der Waals surface area contributed by atoms with Gasteiger partial charge in [0.05, 0.1) is 12.1 Å². The van der Waals surface area contributed by atoms with Gasteiger partial charge in [-0.15, -0.1) is 0 Å². The van der Waals surface area contributed by atoms with Crippen molar-refractivity contribution in [2.24, 2.45) is 5.92 Å². The van der Waals surface area contributed by atoms with E-state index in [1.807, 2.05) is 24.3 Å². The summed E-state index contributed by atoms with van der Waals surface area (Å²) in [4.78, 5) is 15.8. The largest absolute Gasteiger partial charge is 0.477 e. The molecule has 0 saturated heterocycles. The fourth-order valence-corrected chi connectivity index (χ4v) is 1.80. The van der Waals surface area contributed by atoms with Crippen molar-refractivity contribution in [1.82, 2.24) is 4.98 Å². The van der Waals surface area contributed by atoms with E-state index >= 15 is 0 Å². The van der Waals surface area contributed by atoms with Gasteiger partial charge < -0.3 is 4.74 Å². The zero-order valence-corrected chi connectivity index (χ0v) is 11.1. The number of carbonyl (C=O) groups excluding carboxylic acids is 1. The molecule has 0 unspecified atom stereocenters. The molecule has 0 fully saturated rings. The van der Waals surface area contributed by atoms with Crippen LogP contribution in [0.15, 0.2) is 30.3 Å². The first-order valence-electron chi connectivity index (χ1n) is 5.80. The van der Waals surface area contributed by atoms with Gasteiger partial charge in [0.15, 0.2) is 0 Å². The minimum Gasteiger partial charge on any atom is -0.477 e. The van der Waals surface area contributed by atoms with Crippen LogP contribution in [0, 0.1) is 5.92 Å². The van der Waals surface area contributed by atoms with Gasteiger partial charge in [0.1, 0.15) is 0 Å². The third-order valence-electron chi connectivity index (χ3n) is 2.47. The molecule has 2 aromatic rings. The van der Waals surface area contributed by atoms with E-state index < -0.39 is 5.24 Å². The van der Waals surface area contributed by atoms with Crippen molar-refractivity contribution >= 4 is 27.7 Å². The number of carbonyl (C=O) groups is 1. The van der Waals surface area contributed by atoms with Gasteiger partial charge in [0.25, 0.3) is 5.24 Å². The molecule has 0 aliphatic rings. The second kappa shape index (κ2) is 5.36. The number of ether oxygens (including phenoxy) is 1. The maximum Gasteiger partial charge on any atom is 0.253 e. The molecule has 0 saturated carbocycles. The Labute approximate surface area is 111 Å². The average molecular weight is 264 g/mol. The van der Waals surface area contributed by atoms with E-state index in [1.165, 1.54) is 0 Å². The van der Waals surface area contributed by atoms with Crippen LogP contribution in [-0.4, -0.2) is 16.8 Å². The summed E-state index contributed by atoms with van der Waals surface area (Å²) in [5.41, 5.74) is 1.14. The highest BCUT2D eigenvalue weighted by Crippen LogP contribution is 2.23. The Morgan fingerprint density at radius 3 is 2.78 bits per heavy atom. The standard InChI is InChI=1S/C14H14ClNO2/c1-9(2)8-18-13-7-11(14(15)17)10-5-3-4-6-12(10)16-13/h3-7,9H,8H2,1-2H3. The molecular weight excluding hydrogens is 250 g/mol. The Kier molecular flexibility index (Phi) is 3.82. The summed E-state index contributed by atoms with van der Waals surface area (Å²) in [5, 5.41) is 0.248. The Balaban J connectivity index is 2.47. The highest BCUT2D eigenvalue weighted by Gasteiger charge is 2.11. The highest BCUT2D eigenvalue weighted by molar-refractivity contribution is 6.68. The number of para-hydroxylation sites is 1. The SMILES string of the molecule is CC(C)COc1cc(C(=O)Cl)c2ccccc2n1. The monoisotopic (exact) mass is 263 g/mol. The fourth-order valence-electron chi connectivity index (χ4n) is 1.64. The van der Waals surface area contributed by atoms with Crippen molar-refractivity contribution in [1.29, 1.82) is 0 Å². The molecule has 94 valence electrons. The number of halogens is 1. The molecule has 0 bridgehead atoms. The van der Waals surface area contributed by atoms with Crippen molar-refractivity contribution in [3.8, 4) is 5.88 Å². The number of fused-ring (bicyclic) bond motifs is 1. The first-order chi connectivity index (χ1) is 8.58. The second-order valence-electron chi connectivity index (χ2n) is 4.50. The number of hydrogen-bond donors (Lipinski definition) is 0. The Morgan fingerprint density at radius 2 is 2.11 bits per heavy atom. The minimum absolute atomic E-state index is 0.397. The smallest absolute Gasteiger partial charge is 0.253 e. The number of benzene rings is 1. The van der Waals surface area contributed by atoms with Gasteiger partial charge in [-0.1, -0.05) is 32.0 Å². The molecule has 0 spiro atoms. The Bertz CT molecular complexity index is 581. The number of hydrogen-bond acceptors (Lipinski definition) is 3. The van der Waals surface area contributed by atoms with Crippen LogP contribution in [0.3, 0.4) is 0 Å². The Morgan fingerprint density at radius 1 is 1.39 bits per heavy atom. The number of pyridine rings is 1. The van der Waals surface area contributed by atoms with Crippen LogP contribution in [0.4, 0.5) is 0 Å². The Hall–Kier alpha value is -1.61. The number of nitrogens with zero attached hydrogens (tertiary/aromatic N) is 1. The second-order valence-corrected chi connectivity index (χ2v) is 4.85. The van der Waals surface area contributed by atoms with E-state index in [-0.39, 0.29) is 0 Å². The van der Waals surface area contributed by atoms with Crippen molar-refractivity contribution in [2.75, 3.05) is 6.61 Å². The molecule has 1 heterocycles. The van der Waals surface area contributed by atoms with Crippen molar-refractivity contribution in [2.45, 2.75) is 13.8 Å². The van der Waals surface area contributed by atoms with E-state index in [4.69, 9.17) is 16.3 Å². The first kappa shape index (κ1) is 12.8. The summed E-state index contributed by atoms with van der Waals surface area (Å²) >= 11 is 5.59. The van der Waals surface area contributed by atoms with Gasteiger partial charge in [0.2, 0.25) is 5.88 Å². The molecule has 0 aliphatic heterocycles. The molecule has 3 nitrogen and oxygen atoms in total. The van der Waals surface area contributed by atoms with Crippen molar-refractivity contribution in [3.05, 3.63) is 35.9 Å². The third kappa shape index (κ3) is 2.79. The first-order valence-corrected chi connectivity index (χ1v) is 6.18. The lowest BCUT2D eigenvalue weighted by Gasteiger charge is -2.10. The molecule has 0 radical (unpaired) electrons. The molecule has 1 aromatic carbocycles. The van der Waals surface area contributed by atoms with E-state index in [0.717, 1.165) is 5.39 Å². The molecule has 2 rings (SSSR count). The van der Waals surface area contributed by atoms with Gasteiger partial charge in [-0.25, -0.2) is 4.98 Å². The maximum atomic E-state index is 11.4. The zero-order chi connectivity index (χ0) is 13.1. The van der Waals surface area contributed by atoms with Gasteiger partial charge in [0, 0.05) is 17.0 Å². The van der Waals surface area contributed by atoms with Gasteiger partial charge in [-0.05, 0) is 23.6 Å². The predicted molar refractivity (Wildman–Crippen MR) is 72.3 cm³/mol. The van der Waals surface area contributed by atoms with Crippen LogP contribution in [0.25, 0.3) is 10.9 Å². The number of aromatic nitrogens is 1. The van der Waals surface area contributed by atoms with Crippen LogP contribution < -0.4 is 4.74 Å². The lowest BCUT2D eigenvalue weighted by atomic mass is 10.1. The van der Waals surface area contributed by atoms with Gasteiger partial charge in [-0.2, -0.15) is 0 Å². The lowest BCUT2D eigenvalue weighted by Crippen LogP contribution is -2.06. The fraction of sp³-hybridized carbons (Fsp3) is 0.286. The molecule has 18 heavy (non-hydrogen) atoms. The van der Waals surface area contributed by atoms with Gasteiger partial charge in [-0.3, -0.25) is 4.79 Å². The van der Waals surface area contributed by atoms with Crippen molar-refractivity contribution < 1.29 is 9.53 Å². The third-order valence-corrected chi connectivity index (χ3v) is 2.67. The summed E-state index contributed by atoms with van der Waals surface area (Å²) in [5.74, 6) is 0.833. The van der Waals surface area contributed by atoms with Gasteiger partial charge >= 0.3 is 0 Å². The molecule has 0 N–H and O–H groups in total. The quantitative estimate of drug-likeness (QED) is 0.791. The van der Waals surface area contributed by atoms with E-state index in [9.17, 15) is 4.79 Å². The van der Waals surface area contributed by atoms with E-state index in [0.29, 0.717) is 29.5 Å². The molecule has 0 atom stereocenters. The molecule has 1 aromatic heterocycles. The summed E-state index contributed by atoms with van der Waals surface area (Å²) in [6, 6.07) is 8.97. The number of rotatable bonds is 4. The maximum absolute atomic E-state index is 11.4. The van der Waals surface area contributed by atoms with Crippen LogP contribution in [-0.2, 0) is 0 Å². The normalized spacial score (nSPS) is 10.9.